The zero-order valence-electron chi connectivity index (χ0n) is 17.2. The number of esters is 1. The van der Waals surface area contributed by atoms with Crippen molar-refractivity contribution in [1.82, 2.24) is 4.98 Å². The number of hydrogen-bond acceptors (Lipinski definition) is 6. The molecule has 0 aliphatic rings. The number of benzene rings is 1. The number of nitrogens with two attached hydrogens (primary N) is 1. The van der Waals surface area contributed by atoms with E-state index in [1.807, 2.05) is 0 Å². The fraction of sp³-hybridized carbons (Fsp3) is 0.227. The zero-order chi connectivity index (χ0) is 24.0. The van der Waals surface area contributed by atoms with Gasteiger partial charge in [0.2, 0.25) is 0 Å². The molecule has 0 fully saturated rings. The van der Waals surface area contributed by atoms with Crippen molar-refractivity contribution in [2.75, 3.05) is 11.9 Å². The number of nitrogens with zero attached hydrogens (tertiary/aromatic N) is 2. The molecule has 0 atom stereocenters. The van der Waals surface area contributed by atoms with Gasteiger partial charge in [-0.15, -0.1) is 0 Å². The van der Waals surface area contributed by atoms with E-state index < -0.39 is 42.2 Å². The number of aromatic nitrogens is 2. The molecule has 33 heavy (non-hydrogen) atoms. The summed E-state index contributed by atoms with van der Waals surface area (Å²) in [5, 5.41) is 13.6. The van der Waals surface area contributed by atoms with Crippen molar-refractivity contribution >= 4 is 23.4 Å². The fourth-order valence-electron chi connectivity index (χ4n) is 3.04. The molecule has 0 amide bonds. The van der Waals surface area contributed by atoms with E-state index in [1.54, 1.807) is 24.3 Å². The number of hydrogen-bond donors (Lipinski definition) is 2. The molecule has 0 spiro atoms. The van der Waals surface area contributed by atoms with Crippen LogP contribution in [-0.4, -0.2) is 17.5 Å². The van der Waals surface area contributed by atoms with Crippen molar-refractivity contribution in [3.05, 3.63) is 93.3 Å². The number of pyridine rings is 2. The van der Waals surface area contributed by atoms with E-state index in [-0.39, 0.29) is 28.5 Å². The standard InChI is InChI=1S/C22H20ClF3N4O3/c23-17-11-28-21(29-13-22(25,26)18-7-3-4-8-30(18)32)20(24)16(17)9-19(31)33-12-15-6-2-1-5-14(15)10-27/h1-8,11H,9-10,12-13,27H2,(H,28,29). The molecule has 0 saturated heterocycles. The molecular weight excluding hydrogens is 461 g/mol. The van der Waals surface area contributed by atoms with Gasteiger partial charge in [0, 0.05) is 30.4 Å². The van der Waals surface area contributed by atoms with Crippen LogP contribution < -0.4 is 15.8 Å². The molecule has 1 aromatic carbocycles. The summed E-state index contributed by atoms with van der Waals surface area (Å²) in [5.74, 6) is -6.00. The van der Waals surface area contributed by atoms with Crippen LogP contribution >= 0.6 is 11.6 Å². The molecule has 174 valence electrons. The van der Waals surface area contributed by atoms with Crippen LogP contribution in [-0.2, 0) is 35.0 Å². The third-order valence-corrected chi connectivity index (χ3v) is 5.12. The normalized spacial score (nSPS) is 11.3. The quantitative estimate of drug-likeness (QED) is 0.276. The molecule has 0 radical (unpaired) electrons. The predicted octanol–water partition coefficient (Wildman–Crippen LogP) is 3.46. The van der Waals surface area contributed by atoms with E-state index in [2.05, 4.69) is 10.3 Å². The minimum absolute atomic E-state index is 0.0254. The number of rotatable bonds is 9. The van der Waals surface area contributed by atoms with Gasteiger partial charge in [-0.05, 0) is 17.2 Å². The van der Waals surface area contributed by atoms with E-state index in [0.29, 0.717) is 5.56 Å². The van der Waals surface area contributed by atoms with Crippen LogP contribution in [0.3, 0.4) is 0 Å². The summed E-state index contributed by atoms with van der Waals surface area (Å²) in [7, 11) is 0. The Hall–Kier alpha value is -3.37. The number of anilines is 1. The van der Waals surface area contributed by atoms with Crippen molar-refractivity contribution in [1.29, 1.82) is 0 Å². The summed E-state index contributed by atoms with van der Waals surface area (Å²) in [4.78, 5) is 15.9. The number of nitrogens with one attached hydrogen (secondary N) is 1. The van der Waals surface area contributed by atoms with Crippen LogP contribution in [0.25, 0.3) is 0 Å². The maximum atomic E-state index is 14.9. The van der Waals surface area contributed by atoms with Crippen LogP contribution in [0, 0.1) is 11.0 Å². The first-order valence-corrected chi connectivity index (χ1v) is 10.2. The van der Waals surface area contributed by atoms with E-state index in [0.717, 1.165) is 24.0 Å². The van der Waals surface area contributed by atoms with E-state index in [4.69, 9.17) is 22.1 Å². The predicted molar refractivity (Wildman–Crippen MR) is 115 cm³/mol. The molecule has 3 rings (SSSR count). The molecule has 7 nitrogen and oxygen atoms in total. The summed E-state index contributed by atoms with van der Waals surface area (Å²) in [5.41, 5.74) is 6.08. The fourth-order valence-corrected chi connectivity index (χ4v) is 3.24. The largest absolute Gasteiger partial charge is 0.618 e. The first kappa shape index (κ1) is 24.3. The second-order valence-electron chi connectivity index (χ2n) is 7.03. The average molecular weight is 481 g/mol. The Bertz CT molecular complexity index is 1150. The van der Waals surface area contributed by atoms with E-state index in [1.165, 1.54) is 12.1 Å². The van der Waals surface area contributed by atoms with E-state index in [9.17, 15) is 23.2 Å². The minimum Gasteiger partial charge on any atom is -0.618 e. The summed E-state index contributed by atoms with van der Waals surface area (Å²) < 4.78 is 48.9. The lowest BCUT2D eigenvalue weighted by Crippen LogP contribution is -2.41. The lowest BCUT2D eigenvalue weighted by molar-refractivity contribution is -0.624. The molecule has 0 aliphatic heterocycles. The van der Waals surface area contributed by atoms with E-state index >= 15 is 0 Å². The van der Waals surface area contributed by atoms with Crippen LogP contribution in [0.5, 0.6) is 0 Å². The number of halogens is 4. The van der Waals surface area contributed by atoms with Crippen molar-refractivity contribution in [3.8, 4) is 0 Å². The highest BCUT2D eigenvalue weighted by Crippen LogP contribution is 2.28. The van der Waals surface area contributed by atoms with Crippen LogP contribution in [0.2, 0.25) is 5.02 Å². The number of carbonyl (C=O) groups is 1. The van der Waals surface area contributed by atoms with Gasteiger partial charge in [0.15, 0.2) is 17.8 Å². The third-order valence-electron chi connectivity index (χ3n) is 4.79. The average Bonchev–Trinajstić information content (AvgIpc) is 2.80. The van der Waals surface area contributed by atoms with Gasteiger partial charge in [0.05, 0.1) is 18.0 Å². The molecule has 3 aromatic rings. The Morgan fingerprint density at radius 2 is 1.91 bits per heavy atom. The third kappa shape index (κ3) is 5.91. The molecular formula is C22H20ClF3N4O3. The van der Waals surface area contributed by atoms with Gasteiger partial charge in [-0.1, -0.05) is 35.9 Å². The molecule has 11 heteroatoms. The lowest BCUT2D eigenvalue weighted by atomic mass is 10.1. The monoisotopic (exact) mass is 480 g/mol. The number of alkyl halides is 2. The SMILES string of the molecule is NCc1ccccc1COC(=O)Cc1c(Cl)cnc(NCC(F)(F)c2cccc[n+]2[O-])c1F. The summed E-state index contributed by atoms with van der Waals surface area (Å²) in [6.07, 6.45) is 1.43. The number of ether oxygens (including phenoxy) is 1. The maximum absolute atomic E-state index is 14.9. The van der Waals surface area contributed by atoms with Crippen LogP contribution in [0.15, 0.2) is 54.9 Å². The van der Waals surface area contributed by atoms with Crippen molar-refractivity contribution in [2.24, 2.45) is 5.73 Å². The first-order chi connectivity index (χ1) is 15.7. The summed E-state index contributed by atoms with van der Waals surface area (Å²) >= 11 is 5.97. The molecule has 3 N–H and O–H groups in total. The van der Waals surface area contributed by atoms with Gasteiger partial charge >= 0.3 is 11.9 Å². The second kappa shape index (κ2) is 10.5. The van der Waals surface area contributed by atoms with Crippen LogP contribution in [0.1, 0.15) is 22.4 Å². The summed E-state index contributed by atoms with van der Waals surface area (Å²) in [6, 6.07) is 10.7. The topological polar surface area (TPSA) is 104 Å². The van der Waals surface area contributed by atoms with Gasteiger partial charge < -0.3 is 21.0 Å². The lowest BCUT2D eigenvalue weighted by Gasteiger charge is -2.17. The minimum atomic E-state index is -3.62. The Labute approximate surface area is 192 Å². The van der Waals surface area contributed by atoms with Crippen LogP contribution in [0.4, 0.5) is 19.0 Å². The van der Waals surface area contributed by atoms with Gasteiger partial charge in [-0.2, -0.15) is 13.5 Å². The smallest absolute Gasteiger partial charge is 0.347 e. The maximum Gasteiger partial charge on any atom is 0.347 e. The Kier molecular flexibility index (Phi) is 7.72. The molecule has 2 heterocycles. The van der Waals surface area contributed by atoms with Crippen molar-refractivity contribution < 1.29 is 27.4 Å². The highest BCUT2D eigenvalue weighted by molar-refractivity contribution is 6.31. The molecule has 0 bridgehead atoms. The van der Waals surface area contributed by atoms with Gasteiger partial charge in [0.25, 0.3) is 5.69 Å². The Morgan fingerprint density at radius 1 is 1.21 bits per heavy atom. The Morgan fingerprint density at radius 3 is 2.61 bits per heavy atom. The zero-order valence-corrected chi connectivity index (χ0v) is 18.0. The highest BCUT2D eigenvalue weighted by atomic mass is 35.5. The van der Waals surface area contributed by atoms with Crippen molar-refractivity contribution in [3.63, 3.8) is 0 Å². The Balaban J connectivity index is 1.69. The summed E-state index contributed by atoms with van der Waals surface area (Å²) in [6.45, 7) is -0.918. The number of carbonyl (C=O) groups excluding carboxylic acids is 1. The van der Waals surface area contributed by atoms with Gasteiger partial charge in [-0.3, -0.25) is 4.79 Å². The van der Waals surface area contributed by atoms with Crippen molar-refractivity contribution in [2.45, 2.75) is 25.5 Å². The molecule has 0 saturated carbocycles. The molecule has 0 aliphatic carbocycles. The second-order valence-corrected chi connectivity index (χ2v) is 7.43. The highest BCUT2D eigenvalue weighted by Gasteiger charge is 2.39. The van der Waals surface area contributed by atoms with Gasteiger partial charge in [0.1, 0.15) is 6.61 Å². The molecule has 0 unspecified atom stereocenters. The van der Waals surface area contributed by atoms with Gasteiger partial charge in [-0.25, -0.2) is 9.37 Å². The molecule has 2 aromatic heterocycles. The first-order valence-electron chi connectivity index (χ1n) is 9.78.